The third-order valence-electron chi connectivity index (χ3n) is 3.44. The van der Waals surface area contributed by atoms with Crippen molar-refractivity contribution in [2.75, 3.05) is 43.4 Å². The fraction of sp³-hybridized carbons (Fsp3) is 0.533. The van der Waals surface area contributed by atoms with E-state index >= 15 is 0 Å². The molecule has 1 saturated heterocycles. The quantitative estimate of drug-likeness (QED) is 0.658. The van der Waals surface area contributed by atoms with Crippen molar-refractivity contribution in [3.8, 4) is 0 Å². The van der Waals surface area contributed by atoms with Crippen LogP contribution in [0.15, 0.2) is 24.0 Å². The molecular formula is C15H23N5O. The fourth-order valence-corrected chi connectivity index (χ4v) is 2.13. The predicted octanol–water partition coefficient (Wildman–Crippen LogP) is 1.52. The van der Waals surface area contributed by atoms with Crippen molar-refractivity contribution in [3.05, 3.63) is 24.0 Å². The molecule has 2 heterocycles. The zero-order valence-corrected chi connectivity index (χ0v) is 13.0. The Morgan fingerprint density at radius 3 is 2.90 bits per heavy atom. The molecule has 0 unspecified atom stereocenters. The molecule has 0 saturated carbocycles. The zero-order valence-electron chi connectivity index (χ0n) is 13.0. The maximum absolute atomic E-state index is 11.8. The van der Waals surface area contributed by atoms with Gasteiger partial charge in [0.2, 0.25) is 5.91 Å². The first-order valence-electron chi connectivity index (χ1n) is 7.24. The lowest BCUT2D eigenvalue weighted by molar-refractivity contribution is -0.129. The van der Waals surface area contributed by atoms with E-state index in [9.17, 15) is 4.79 Å². The van der Waals surface area contributed by atoms with Gasteiger partial charge in [-0.1, -0.05) is 11.6 Å². The number of anilines is 2. The summed E-state index contributed by atoms with van der Waals surface area (Å²) in [7, 11) is 1.83. The van der Waals surface area contributed by atoms with Crippen LogP contribution >= 0.6 is 0 Å². The number of amides is 1. The second-order valence-electron chi connectivity index (χ2n) is 5.50. The minimum Gasteiger partial charge on any atom is -0.370 e. The Hall–Kier alpha value is -2.11. The standard InChI is InChI=1S/C15H23N5O/c1-12(2)5-4-6-16-13-9-14(18-11-17-13)20-8-7-19(3)15(21)10-20/h5,9,11H,4,6-8,10H2,1-3H3,(H,16,17,18). The zero-order chi connectivity index (χ0) is 15.2. The SMILES string of the molecule is CC(C)=CCCNc1cc(N2CCN(C)C(=O)C2)ncn1. The lowest BCUT2D eigenvalue weighted by atomic mass is 10.2. The molecule has 0 atom stereocenters. The number of carbonyl (C=O) groups excluding carboxylic acids is 1. The summed E-state index contributed by atoms with van der Waals surface area (Å²) in [4.78, 5) is 24.0. The summed E-state index contributed by atoms with van der Waals surface area (Å²) >= 11 is 0. The fourth-order valence-electron chi connectivity index (χ4n) is 2.13. The Morgan fingerprint density at radius 1 is 1.38 bits per heavy atom. The first-order chi connectivity index (χ1) is 10.1. The highest BCUT2D eigenvalue weighted by atomic mass is 16.2. The number of aromatic nitrogens is 2. The van der Waals surface area contributed by atoms with Gasteiger partial charge in [0.1, 0.15) is 18.0 Å². The molecule has 6 heteroatoms. The molecule has 1 aromatic heterocycles. The molecular weight excluding hydrogens is 266 g/mol. The number of hydrogen-bond donors (Lipinski definition) is 1. The molecule has 0 aromatic carbocycles. The normalized spacial score (nSPS) is 15.1. The van der Waals surface area contributed by atoms with Crippen LogP contribution < -0.4 is 10.2 Å². The van der Waals surface area contributed by atoms with Crippen LogP contribution in [0.4, 0.5) is 11.6 Å². The maximum Gasteiger partial charge on any atom is 0.241 e. The lowest BCUT2D eigenvalue weighted by Crippen LogP contribution is -2.48. The van der Waals surface area contributed by atoms with Gasteiger partial charge in [-0.25, -0.2) is 9.97 Å². The lowest BCUT2D eigenvalue weighted by Gasteiger charge is -2.32. The predicted molar refractivity (Wildman–Crippen MR) is 84.4 cm³/mol. The van der Waals surface area contributed by atoms with Crippen LogP contribution in [-0.4, -0.2) is 54.0 Å². The van der Waals surface area contributed by atoms with Crippen molar-refractivity contribution in [3.63, 3.8) is 0 Å². The van der Waals surface area contributed by atoms with Crippen LogP contribution in [0.25, 0.3) is 0 Å². The molecule has 114 valence electrons. The highest BCUT2D eigenvalue weighted by Gasteiger charge is 2.22. The summed E-state index contributed by atoms with van der Waals surface area (Å²) in [5, 5.41) is 3.28. The van der Waals surface area contributed by atoms with Crippen molar-refractivity contribution in [2.24, 2.45) is 0 Å². The highest BCUT2D eigenvalue weighted by Crippen LogP contribution is 2.16. The number of piperazine rings is 1. The Balaban J connectivity index is 1.94. The molecule has 1 N–H and O–H groups in total. The van der Waals surface area contributed by atoms with E-state index < -0.39 is 0 Å². The number of carbonyl (C=O) groups is 1. The van der Waals surface area contributed by atoms with Crippen molar-refractivity contribution >= 4 is 17.5 Å². The average Bonchev–Trinajstić information content (AvgIpc) is 2.47. The van der Waals surface area contributed by atoms with Gasteiger partial charge < -0.3 is 15.1 Å². The van der Waals surface area contributed by atoms with Gasteiger partial charge in [-0.05, 0) is 20.3 Å². The van der Waals surface area contributed by atoms with Crippen LogP contribution in [0, 0.1) is 0 Å². The molecule has 6 nitrogen and oxygen atoms in total. The van der Waals surface area contributed by atoms with Crippen LogP contribution in [0.1, 0.15) is 20.3 Å². The highest BCUT2D eigenvalue weighted by molar-refractivity contribution is 5.82. The topological polar surface area (TPSA) is 61.4 Å². The summed E-state index contributed by atoms with van der Waals surface area (Å²) in [5.41, 5.74) is 1.32. The summed E-state index contributed by atoms with van der Waals surface area (Å²) in [5.74, 6) is 1.72. The van der Waals surface area contributed by atoms with Gasteiger partial charge >= 0.3 is 0 Å². The smallest absolute Gasteiger partial charge is 0.241 e. The first kappa shape index (κ1) is 15.3. The van der Waals surface area contributed by atoms with Crippen molar-refractivity contribution in [1.29, 1.82) is 0 Å². The number of allylic oxidation sites excluding steroid dienone is 1. The van der Waals surface area contributed by atoms with Crippen molar-refractivity contribution in [2.45, 2.75) is 20.3 Å². The second-order valence-corrected chi connectivity index (χ2v) is 5.50. The van der Waals surface area contributed by atoms with Crippen molar-refractivity contribution < 1.29 is 4.79 Å². The summed E-state index contributed by atoms with van der Waals surface area (Å²) < 4.78 is 0. The largest absolute Gasteiger partial charge is 0.370 e. The Morgan fingerprint density at radius 2 is 2.19 bits per heavy atom. The molecule has 21 heavy (non-hydrogen) atoms. The molecule has 1 aliphatic heterocycles. The number of nitrogens with one attached hydrogen (secondary N) is 1. The van der Waals surface area contributed by atoms with Gasteiger partial charge in [-0.15, -0.1) is 0 Å². The molecule has 2 rings (SSSR count). The van der Waals surface area contributed by atoms with Crippen LogP contribution in [0.5, 0.6) is 0 Å². The molecule has 0 spiro atoms. The van der Waals surface area contributed by atoms with E-state index in [1.165, 1.54) is 5.57 Å². The van der Waals surface area contributed by atoms with E-state index in [4.69, 9.17) is 0 Å². The third-order valence-corrected chi connectivity index (χ3v) is 3.44. The van der Waals surface area contributed by atoms with Crippen LogP contribution in [-0.2, 0) is 4.79 Å². The number of hydrogen-bond acceptors (Lipinski definition) is 5. The Bertz CT molecular complexity index is 525. The average molecular weight is 289 g/mol. The summed E-state index contributed by atoms with van der Waals surface area (Å²) in [6, 6.07) is 1.90. The second kappa shape index (κ2) is 7.06. The monoisotopic (exact) mass is 289 g/mol. The number of likely N-dealkylation sites (N-methyl/N-ethyl adjacent to an activating group) is 1. The number of rotatable bonds is 5. The summed E-state index contributed by atoms with van der Waals surface area (Å²) in [6.45, 7) is 6.93. The first-order valence-corrected chi connectivity index (χ1v) is 7.24. The summed E-state index contributed by atoms with van der Waals surface area (Å²) in [6.07, 6.45) is 4.70. The van der Waals surface area contributed by atoms with E-state index in [0.29, 0.717) is 6.54 Å². The maximum atomic E-state index is 11.8. The van der Waals surface area contributed by atoms with Crippen LogP contribution in [0.3, 0.4) is 0 Å². The van der Waals surface area contributed by atoms with Gasteiger partial charge in [0, 0.05) is 32.7 Å². The Kier molecular flexibility index (Phi) is 5.14. The minimum atomic E-state index is 0.123. The van der Waals surface area contributed by atoms with Crippen LogP contribution in [0.2, 0.25) is 0 Å². The number of nitrogens with zero attached hydrogens (tertiary/aromatic N) is 4. The van der Waals surface area contributed by atoms with E-state index in [0.717, 1.165) is 37.7 Å². The Labute approximate surface area is 125 Å². The van der Waals surface area contributed by atoms with Gasteiger partial charge in [-0.2, -0.15) is 0 Å². The molecule has 0 bridgehead atoms. The van der Waals surface area contributed by atoms with E-state index in [1.54, 1.807) is 11.2 Å². The van der Waals surface area contributed by atoms with E-state index in [2.05, 4.69) is 35.2 Å². The minimum absolute atomic E-state index is 0.123. The van der Waals surface area contributed by atoms with Gasteiger partial charge in [0.05, 0.1) is 6.54 Å². The van der Waals surface area contributed by atoms with Gasteiger partial charge in [0.15, 0.2) is 0 Å². The van der Waals surface area contributed by atoms with Gasteiger partial charge in [0.25, 0.3) is 0 Å². The van der Waals surface area contributed by atoms with Crippen molar-refractivity contribution in [1.82, 2.24) is 14.9 Å². The molecule has 1 fully saturated rings. The molecule has 1 aliphatic rings. The van der Waals surface area contributed by atoms with Gasteiger partial charge in [-0.3, -0.25) is 4.79 Å². The molecule has 0 aliphatic carbocycles. The molecule has 0 radical (unpaired) electrons. The van der Waals surface area contributed by atoms with E-state index in [1.807, 2.05) is 18.0 Å². The third kappa shape index (κ3) is 4.44. The molecule has 1 amide bonds. The molecule has 1 aromatic rings. The van der Waals surface area contributed by atoms with E-state index in [-0.39, 0.29) is 5.91 Å².